The smallest absolute Gasteiger partial charge is 0.335 e. The molecule has 9 heteroatoms. The monoisotopic (exact) mass is 535 g/mol. The minimum atomic E-state index is -1.20. The fourth-order valence-corrected chi connectivity index (χ4v) is 3.92. The van der Waals surface area contributed by atoms with Crippen LogP contribution in [0.5, 0.6) is 11.5 Å². The van der Waals surface area contributed by atoms with Crippen molar-refractivity contribution < 1.29 is 38.8 Å². The molecule has 1 unspecified atom stereocenters. The van der Waals surface area contributed by atoms with Crippen molar-refractivity contribution in [3.8, 4) is 11.5 Å². The molecule has 0 spiro atoms. The van der Waals surface area contributed by atoms with E-state index in [2.05, 4.69) is 5.32 Å². The van der Waals surface area contributed by atoms with Crippen LogP contribution in [0.2, 0.25) is 0 Å². The highest BCUT2D eigenvalue weighted by Crippen LogP contribution is 2.27. The van der Waals surface area contributed by atoms with E-state index < -0.39 is 17.9 Å². The van der Waals surface area contributed by atoms with Gasteiger partial charge in [0.2, 0.25) is 5.91 Å². The van der Waals surface area contributed by atoms with Crippen molar-refractivity contribution in [1.29, 1.82) is 0 Å². The van der Waals surface area contributed by atoms with Crippen molar-refractivity contribution in [3.63, 3.8) is 0 Å². The van der Waals surface area contributed by atoms with Crippen LogP contribution >= 0.6 is 0 Å². The third kappa shape index (κ3) is 9.46. The maximum absolute atomic E-state index is 12.7. The first-order valence-electron chi connectivity index (χ1n) is 12.7. The van der Waals surface area contributed by atoms with E-state index in [9.17, 15) is 24.6 Å². The Morgan fingerprint density at radius 2 is 1.54 bits per heavy atom. The molecule has 0 radical (unpaired) electrons. The Balaban J connectivity index is 1.51. The second-order valence-electron chi connectivity index (χ2n) is 8.87. The van der Waals surface area contributed by atoms with Gasteiger partial charge in [0, 0.05) is 19.2 Å². The number of ether oxygens (including phenoxy) is 3. The third-order valence-corrected chi connectivity index (χ3v) is 5.94. The first kappa shape index (κ1) is 29.2. The Kier molecular flexibility index (Phi) is 11.3. The molecule has 0 bridgehead atoms. The van der Waals surface area contributed by atoms with Crippen LogP contribution in [0.3, 0.4) is 0 Å². The molecule has 3 N–H and O–H groups in total. The highest BCUT2D eigenvalue weighted by atomic mass is 16.5. The average Bonchev–Trinajstić information content (AvgIpc) is 2.93. The second kappa shape index (κ2) is 15.1. The lowest BCUT2D eigenvalue weighted by atomic mass is 9.95. The molecule has 3 rings (SSSR count). The molecule has 1 amide bonds. The van der Waals surface area contributed by atoms with Gasteiger partial charge in [0.25, 0.3) is 0 Å². The van der Waals surface area contributed by atoms with Crippen LogP contribution in [0.25, 0.3) is 0 Å². The van der Waals surface area contributed by atoms with Crippen LogP contribution in [-0.4, -0.2) is 55.0 Å². The van der Waals surface area contributed by atoms with E-state index in [-0.39, 0.29) is 35.7 Å². The second-order valence-corrected chi connectivity index (χ2v) is 8.87. The van der Waals surface area contributed by atoms with Gasteiger partial charge >= 0.3 is 11.9 Å². The lowest BCUT2D eigenvalue weighted by Crippen LogP contribution is -2.21. The maximum atomic E-state index is 12.7. The zero-order valence-corrected chi connectivity index (χ0v) is 21.8. The highest BCUT2D eigenvalue weighted by molar-refractivity contribution is 5.95. The number of carboxylic acid groups (broad SMARTS) is 2. The molecule has 0 aliphatic heterocycles. The predicted octanol–water partition coefficient (Wildman–Crippen LogP) is 5.01. The number of carbonyl (C=O) groups excluding carboxylic acids is 1. The van der Waals surface area contributed by atoms with Gasteiger partial charge in [0.15, 0.2) is 0 Å². The van der Waals surface area contributed by atoms with E-state index in [0.29, 0.717) is 25.4 Å². The summed E-state index contributed by atoms with van der Waals surface area (Å²) >= 11 is 0. The van der Waals surface area contributed by atoms with E-state index in [1.807, 2.05) is 54.6 Å². The number of carbonyl (C=O) groups is 3. The number of carboxylic acids is 2. The van der Waals surface area contributed by atoms with Crippen molar-refractivity contribution in [1.82, 2.24) is 0 Å². The van der Waals surface area contributed by atoms with Crippen LogP contribution in [0.1, 0.15) is 46.7 Å². The van der Waals surface area contributed by atoms with Gasteiger partial charge in [-0.15, -0.1) is 0 Å². The predicted molar refractivity (Wildman–Crippen MR) is 146 cm³/mol. The average molecular weight is 536 g/mol. The number of aryl methyl sites for hydroxylation is 1. The third-order valence-electron chi connectivity index (χ3n) is 5.94. The number of nitrogens with one attached hydrogen (secondary N) is 1. The van der Waals surface area contributed by atoms with Gasteiger partial charge in [-0.2, -0.15) is 0 Å². The summed E-state index contributed by atoms with van der Waals surface area (Å²) in [6, 6.07) is 21.2. The maximum Gasteiger partial charge on any atom is 0.335 e. The molecule has 0 aromatic heterocycles. The van der Waals surface area contributed by atoms with Crippen LogP contribution in [0.15, 0.2) is 72.8 Å². The summed E-state index contributed by atoms with van der Waals surface area (Å²) in [5.74, 6) is -2.28. The zero-order valence-electron chi connectivity index (χ0n) is 21.8. The Morgan fingerprint density at radius 3 is 2.21 bits per heavy atom. The number of methoxy groups -OCH3 is 1. The molecule has 206 valence electrons. The quantitative estimate of drug-likeness (QED) is 0.218. The molecule has 1 atom stereocenters. The van der Waals surface area contributed by atoms with E-state index in [0.717, 1.165) is 24.2 Å². The van der Waals surface area contributed by atoms with Crippen molar-refractivity contribution in [2.24, 2.45) is 0 Å². The molecular formula is C30H33NO8. The number of unbranched alkanes of at least 4 members (excludes halogenated alkanes) is 1. The molecule has 0 fully saturated rings. The number of hydrogen-bond acceptors (Lipinski definition) is 6. The Morgan fingerprint density at radius 1 is 0.846 bits per heavy atom. The molecule has 3 aromatic carbocycles. The molecular weight excluding hydrogens is 502 g/mol. The number of hydrogen-bond donors (Lipinski definition) is 3. The number of benzene rings is 3. The Labute approximate surface area is 227 Å². The first-order chi connectivity index (χ1) is 18.9. The highest BCUT2D eigenvalue weighted by Gasteiger charge is 2.25. The van der Waals surface area contributed by atoms with Crippen LogP contribution in [-0.2, 0) is 20.7 Å². The molecule has 0 aliphatic rings. The summed E-state index contributed by atoms with van der Waals surface area (Å²) in [5, 5.41) is 21.7. The van der Waals surface area contributed by atoms with E-state index >= 15 is 0 Å². The van der Waals surface area contributed by atoms with Crippen molar-refractivity contribution in [3.05, 3.63) is 89.5 Å². The Hall–Kier alpha value is -4.37. The minimum absolute atomic E-state index is 0.0779. The van der Waals surface area contributed by atoms with Crippen molar-refractivity contribution >= 4 is 23.5 Å². The topological polar surface area (TPSA) is 131 Å². The Bertz CT molecular complexity index is 1240. The largest absolute Gasteiger partial charge is 0.494 e. The van der Waals surface area contributed by atoms with Gasteiger partial charge in [0.1, 0.15) is 17.4 Å². The zero-order chi connectivity index (χ0) is 28.0. The number of aliphatic carboxylic acids is 1. The summed E-state index contributed by atoms with van der Waals surface area (Å²) in [5.41, 5.74) is 1.25. The lowest BCUT2D eigenvalue weighted by Gasteiger charge is -2.18. The summed E-state index contributed by atoms with van der Waals surface area (Å²) in [6.45, 7) is 0.986. The fraction of sp³-hybridized carbons (Fsp3) is 0.300. The fourth-order valence-electron chi connectivity index (χ4n) is 3.92. The first-order valence-corrected chi connectivity index (χ1v) is 12.7. The van der Waals surface area contributed by atoms with Gasteiger partial charge in [-0.1, -0.05) is 30.3 Å². The van der Waals surface area contributed by atoms with Gasteiger partial charge in [-0.05, 0) is 72.9 Å². The summed E-state index contributed by atoms with van der Waals surface area (Å²) in [6.07, 6.45) is 2.28. The van der Waals surface area contributed by atoms with E-state index in [4.69, 9.17) is 14.2 Å². The van der Waals surface area contributed by atoms with Gasteiger partial charge in [-0.3, -0.25) is 9.59 Å². The van der Waals surface area contributed by atoms with Crippen molar-refractivity contribution in [2.75, 3.05) is 32.2 Å². The van der Waals surface area contributed by atoms with Crippen LogP contribution < -0.4 is 14.8 Å². The molecule has 9 nitrogen and oxygen atoms in total. The summed E-state index contributed by atoms with van der Waals surface area (Å²) < 4.78 is 16.5. The molecule has 39 heavy (non-hydrogen) atoms. The summed E-state index contributed by atoms with van der Waals surface area (Å²) in [7, 11) is 1.35. The number of anilines is 1. The molecule has 0 saturated heterocycles. The number of rotatable bonds is 16. The normalized spacial score (nSPS) is 11.4. The van der Waals surface area contributed by atoms with Gasteiger partial charge in [-0.25, -0.2) is 4.79 Å². The van der Waals surface area contributed by atoms with Crippen LogP contribution in [0.4, 0.5) is 5.69 Å². The molecule has 0 aliphatic carbocycles. The van der Waals surface area contributed by atoms with Gasteiger partial charge < -0.3 is 29.7 Å². The number of aromatic carboxylic acids is 1. The van der Waals surface area contributed by atoms with Gasteiger partial charge in [0.05, 0.1) is 25.4 Å². The van der Waals surface area contributed by atoms with E-state index in [1.54, 1.807) is 0 Å². The SMILES string of the molecule is COCC(C(=O)O)c1cc(C(=O)O)ccc1NC(=O)CCc1cccc(OCCCCOc2ccccc2)c1. The number of para-hydroxylation sites is 1. The summed E-state index contributed by atoms with van der Waals surface area (Å²) in [4.78, 5) is 35.9. The van der Waals surface area contributed by atoms with Crippen molar-refractivity contribution in [2.45, 2.75) is 31.6 Å². The van der Waals surface area contributed by atoms with E-state index in [1.165, 1.54) is 25.3 Å². The van der Waals surface area contributed by atoms with Crippen LogP contribution in [0, 0.1) is 0 Å². The molecule has 3 aromatic rings. The minimum Gasteiger partial charge on any atom is -0.494 e. The number of amides is 1. The molecule has 0 saturated carbocycles. The lowest BCUT2D eigenvalue weighted by molar-refractivity contribution is -0.140. The standard InChI is InChI=1S/C30H33NO8/c1-37-20-26(30(35)36)25-19-22(29(33)34)13-14-27(25)31-28(32)15-12-21-8-7-11-24(18-21)39-17-6-5-16-38-23-9-3-2-4-10-23/h2-4,7-11,13-14,18-19,26H,5-6,12,15-17,20H2,1H3,(H,31,32)(H,33,34)(H,35,36). The molecule has 0 heterocycles.